The monoisotopic (exact) mass is 729 g/mol. The van der Waals surface area contributed by atoms with Crippen molar-refractivity contribution in [3.63, 3.8) is 0 Å². The maximum atomic E-state index is 9.71. The Bertz CT molecular complexity index is 3030. The van der Waals surface area contributed by atoms with Gasteiger partial charge in [-0.25, -0.2) is 9.97 Å². The van der Waals surface area contributed by atoms with Crippen LogP contribution in [0.15, 0.2) is 176 Å². The summed E-state index contributed by atoms with van der Waals surface area (Å²) in [6.07, 6.45) is 3.67. The molecule has 10 rings (SSSR count). The van der Waals surface area contributed by atoms with Crippen LogP contribution in [0.2, 0.25) is 0 Å². The van der Waals surface area contributed by atoms with Crippen LogP contribution in [0.1, 0.15) is 30.5 Å². The molecule has 0 radical (unpaired) electrons. The minimum Gasteiger partial charge on any atom is -0.255 e. The molecule has 9 aromatic rings. The van der Waals surface area contributed by atoms with Crippen LogP contribution in [0.5, 0.6) is 0 Å². The molecule has 0 saturated carbocycles. The summed E-state index contributed by atoms with van der Waals surface area (Å²) in [5, 5.41) is 9.71. The van der Waals surface area contributed by atoms with Gasteiger partial charge in [0.15, 0.2) is 5.82 Å². The fourth-order valence-corrected chi connectivity index (χ4v) is 8.22. The predicted octanol–water partition coefficient (Wildman–Crippen LogP) is 12.6. The summed E-state index contributed by atoms with van der Waals surface area (Å²) in [6, 6.07) is 59.1. The zero-order chi connectivity index (χ0) is 38.5. The third kappa shape index (κ3) is 6.05. The number of nitriles is 1. The highest BCUT2D eigenvalue weighted by Crippen LogP contribution is 2.50. The van der Waals surface area contributed by atoms with Gasteiger partial charge in [0.2, 0.25) is 0 Å². The predicted molar refractivity (Wildman–Crippen MR) is 230 cm³/mol. The number of benzene rings is 6. The Labute approximate surface area is 331 Å². The SMILES string of the molecule is CC1(C)c2cc(C#N)ccc2-c2ccc(-c3cc(-c4cc(-c5ccc(-c6ccccc6)cc5)nc(-c5ccccc5)n4)cc(-c4ccnc5cccnc45)c3)cc21. The van der Waals surface area contributed by atoms with Gasteiger partial charge in [-0.1, -0.05) is 117 Å². The summed E-state index contributed by atoms with van der Waals surface area (Å²) in [7, 11) is 0. The Hall–Kier alpha value is -7.55. The molecule has 0 fully saturated rings. The third-order valence-corrected chi connectivity index (χ3v) is 11.2. The van der Waals surface area contributed by atoms with Crippen molar-refractivity contribution in [3.8, 4) is 84.5 Å². The molecule has 0 N–H and O–H groups in total. The van der Waals surface area contributed by atoms with Crippen LogP contribution in [-0.2, 0) is 5.41 Å². The van der Waals surface area contributed by atoms with Crippen molar-refractivity contribution >= 4 is 11.0 Å². The lowest BCUT2D eigenvalue weighted by Gasteiger charge is -2.22. The van der Waals surface area contributed by atoms with Crippen molar-refractivity contribution in [1.29, 1.82) is 5.26 Å². The van der Waals surface area contributed by atoms with E-state index < -0.39 is 0 Å². The standard InChI is InChI=1S/C52H35N5/c1-52(2)45-26-33(32-53)15-21-43(45)44-22-20-38(30-46(44)52)39-27-40(42-23-25-54-47-14-9-24-55-50(42)47)29-41(28-39)49-31-48(56-51(57-49)37-12-7-4-8-13-37)36-18-16-35(17-19-36)34-10-5-3-6-11-34/h3-31H,1-2H3. The van der Waals surface area contributed by atoms with Gasteiger partial charge in [-0.2, -0.15) is 5.26 Å². The van der Waals surface area contributed by atoms with Gasteiger partial charge < -0.3 is 0 Å². The molecule has 268 valence electrons. The molecular formula is C52H35N5. The second kappa shape index (κ2) is 13.6. The summed E-state index contributed by atoms with van der Waals surface area (Å²) >= 11 is 0. The van der Waals surface area contributed by atoms with Gasteiger partial charge >= 0.3 is 0 Å². The van der Waals surface area contributed by atoms with Gasteiger partial charge in [0.1, 0.15) is 0 Å². The topological polar surface area (TPSA) is 75.3 Å². The van der Waals surface area contributed by atoms with Crippen LogP contribution in [0.4, 0.5) is 0 Å². The van der Waals surface area contributed by atoms with Crippen LogP contribution < -0.4 is 0 Å². The van der Waals surface area contributed by atoms with Gasteiger partial charge in [-0.05, 0) is 111 Å². The van der Waals surface area contributed by atoms with E-state index in [1.54, 1.807) is 0 Å². The highest BCUT2D eigenvalue weighted by atomic mass is 14.9. The summed E-state index contributed by atoms with van der Waals surface area (Å²) in [5.74, 6) is 0.659. The highest BCUT2D eigenvalue weighted by molar-refractivity contribution is 5.94. The number of aromatic nitrogens is 4. The first-order valence-electron chi connectivity index (χ1n) is 19.1. The van der Waals surface area contributed by atoms with Gasteiger partial charge in [0.05, 0.1) is 34.1 Å². The molecule has 0 amide bonds. The van der Waals surface area contributed by atoms with Crippen molar-refractivity contribution in [3.05, 3.63) is 193 Å². The molecule has 1 aliphatic rings. The zero-order valence-corrected chi connectivity index (χ0v) is 31.5. The van der Waals surface area contributed by atoms with Crippen molar-refractivity contribution in [2.75, 3.05) is 0 Å². The lowest BCUT2D eigenvalue weighted by Crippen LogP contribution is -2.15. The van der Waals surface area contributed by atoms with Crippen molar-refractivity contribution in [1.82, 2.24) is 19.9 Å². The molecule has 0 aliphatic heterocycles. The van der Waals surface area contributed by atoms with E-state index in [1.807, 2.05) is 67.0 Å². The maximum Gasteiger partial charge on any atom is 0.160 e. The van der Waals surface area contributed by atoms with E-state index in [2.05, 4.69) is 134 Å². The molecule has 3 aromatic heterocycles. The van der Waals surface area contributed by atoms with E-state index in [-0.39, 0.29) is 5.41 Å². The minimum atomic E-state index is -0.276. The quantitative estimate of drug-likeness (QED) is 0.170. The average Bonchev–Trinajstić information content (AvgIpc) is 3.51. The molecule has 57 heavy (non-hydrogen) atoms. The summed E-state index contributed by atoms with van der Waals surface area (Å²) in [4.78, 5) is 19.8. The fourth-order valence-electron chi connectivity index (χ4n) is 8.22. The Balaban J connectivity index is 1.17. The second-order valence-electron chi connectivity index (χ2n) is 15.1. The Morgan fingerprint density at radius 3 is 1.81 bits per heavy atom. The van der Waals surface area contributed by atoms with Gasteiger partial charge in [-0.15, -0.1) is 0 Å². The maximum absolute atomic E-state index is 9.71. The number of rotatable bonds is 6. The van der Waals surface area contributed by atoms with E-state index in [0.29, 0.717) is 11.4 Å². The van der Waals surface area contributed by atoms with E-state index in [0.717, 1.165) is 66.9 Å². The number of hydrogen-bond donors (Lipinski definition) is 0. The Morgan fingerprint density at radius 1 is 0.439 bits per heavy atom. The minimum absolute atomic E-state index is 0.276. The summed E-state index contributed by atoms with van der Waals surface area (Å²) < 4.78 is 0. The van der Waals surface area contributed by atoms with Crippen LogP contribution in [0, 0.1) is 11.3 Å². The van der Waals surface area contributed by atoms with Crippen molar-refractivity contribution < 1.29 is 0 Å². The molecule has 0 unspecified atom stereocenters. The number of nitrogens with zero attached hydrogens (tertiary/aromatic N) is 5. The Kier molecular flexibility index (Phi) is 8.13. The molecule has 0 bridgehead atoms. The molecule has 3 heterocycles. The van der Waals surface area contributed by atoms with Gasteiger partial charge in [0.25, 0.3) is 0 Å². The second-order valence-corrected chi connectivity index (χ2v) is 15.1. The molecule has 5 heteroatoms. The van der Waals surface area contributed by atoms with Crippen molar-refractivity contribution in [2.24, 2.45) is 0 Å². The molecule has 5 nitrogen and oxygen atoms in total. The molecule has 0 atom stereocenters. The van der Waals surface area contributed by atoms with Crippen LogP contribution in [0.25, 0.3) is 89.4 Å². The summed E-state index contributed by atoms with van der Waals surface area (Å²) in [5.41, 5.74) is 18.0. The first-order valence-corrected chi connectivity index (χ1v) is 19.1. The number of hydrogen-bond acceptors (Lipinski definition) is 5. The third-order valence-electron chi connectivity index (χ3n) is 11.2. The Morgan fingerprint density at radius 2 is 1.05 bits per heavy atom. The van der Waals surface area contributed by atoms with E-state index in [4.69, 9.17) is 15.0 Å². The number of pyridine rings is 2. The van der Waals surface area contributed by atoms with Gasteiger partial charge in [0, 0.05) is 40.1 Å². The first-order chi connectivity index (χ1) is 27.9. The molecular weight excluding hydrogens is 695 g/mol. The van der Waals surface area contributed by atoms with Crippen molar-refractivity contribution in [2.45, 2.75) is 19.3 Å². The first kappa shape index (κ1) is 34.0. The molecule has 0 spiro atoms. The normalized spacial score (nSPS) is 12.5. The average molecular weight is 730 g/mol. The van der Waals surface area contributed by atoms with E-state index in [9.17, 15) is 5.26 Å². The van der Waals surface area contributed by atoms with Gasteiger partial charge in [-0.3, -0.25) is 9.97 Å². The molecule has 6 aromatic carbocycles. The number of fused-ring (bicyclic) bond motifs is 4. The largest absolute Gasteiger partial charge is 0.255 e. The highest BCUT2D eigenvalue weighted by Gasteiger charge is 2.36. The van der Waals surface area contributed by atoms with Crippen LogP contribution in [-0.4, -0.2) is 19.9 Å². The lowest BCUT2D eigenvalue weighted by molar-refractivity contribution is 0.660. The smallest absolute Gasteiger partial charge is 0.160 e. The van der Waals surface area contributed by atoms with Crippen LogP contribution >= 0.6 is 0 Å². The molecule has 0 saturated heterocycles. The van der Waals surface area contributed by atoms with E-state index >= 15 is 0 Å². The van der Waals surface area contributed by atoms with Crippen LogP contribution in [0.3, 0.4) is 0 Å². The van der Waals surface area contributed by atoms with E-state index in [1.165, 1.54) is 27.8 Å². The lowest BCUT2D eigenvalue weighted by atomic mass is 9.81. The molecule has 1 aliphatic carbocycles. The fraction of sp³-hybridized carbons (Fsp3) is 0.0577. The summed E-state index contributed by atoms with van der Waals surface area (Å²) in [6.45, 7) is 4.50. The zero-order valence-electron chi connectivity index (χ0n) is 31.5.